The molecule has 1 heterocycles. The van der Waals surface area contributed by atoms with Gasteiger partial charge in [0.15, 0.2) is 5.78 Å². The molecule has 0 radical (unpaired) electrons. The van der Waals surface area contributed by atoms with Gasteiger partial charge in [-0.2, -0.15) is 0 Å². The zero-order valence-corrected chi connectivity index (χ0v) is 12.8. The Hall–Kier alpha value is -2.35. The van der Waals surface area contributed by atoms with E-state index in [-0.39, 0.29) is 5.78 Å². The van der Waals surface area contributed by atoms with Crippen LogP contribution >= 0.6 is 0 Å². The molecule has 4 rings (SSSR count). The summed E-state index contributed by atoms with van der Waals surface area (Å²) in [7, 11) is 0. The van der Waals surface area contributed by atoms with E-state index in [0.717, 1.165) is 34.1 Å². The second kappa shape index (κ2) is 5.13. The quantitative estimate of drug-likeness (QED) is 0.668. The predicted molar refractivity (Wildman–Crippen MR) is 90.4 cm³/mol. The lowest BCUT2D eigenvalue weighted by Gasteiger charge is -2.16. The molecule has 1 aromatic heterocycles. The molecule has 1 N–H and O–H groups in total. The van der Waals surface area contributed by atoms with Gasteiger partial charge in [0, 0.05) is 10.9 Å². The first-order valence-electron chi connectivity index (χ1n) is 7.98. The van der Waals surface area contributed by atoms with Gasteiger partial charge >= 0.3 is 0 Å². The molecular weight excluding hydrogens is 270 g/mol. The lowest BCUT2D eigenvalue weighted by molar-refractivity contribution is 0.102. The number of benzene rings is 2. The summed E-state index contributed by atoms with van der Waals surface area (Å²) in [5, 5.41) is 1.02. The minimum absolute atomic E-state index is 0.116. The van der Waals surface area contributed by atoms with Gasteiger partial charge in [0.1, 0.15) is 0 Å². The van der Waals surface area contributed by atoms with Crippen molar-refractivity contribution in [2.75, 3.05) is 0 Å². The van der Waals surface area contributed by atoms with Crippen molar-refractivity contribution in [3.63, 3.8) is 0 Å². The fourth-order valence-electron chi connectivity index (χ4n) is 3.61. The van der Waals surface area contributed by atoms with Gasteiger partial charge < -0.3 is 4.98 Å². The van der Waals surface area contributed by atoms with Crippen molar-refractivity contribution in [2.45, 2.75) is 32.6 Å². The molecule has 3 aromatic rings. The number of Topliss-reactive ketones (excluding diaryl/α,β-unsaturated/α-hetero) is 1. The van der Waals surface area contributed by atoms with Crippen molar-refractivity contribution in [1.29, 1.82) is 0 Å². The molecule has 0 saturated carbocycles. The predicted octanol–water partition coefficient (Wildman–Crippen LogP) is 4.92. The fourth-order valence-corrected chi connectivity index (χ4v) is 3.61. The van der Waals surface area contributed by atoms with Gasteiger partial charge in [-0.15, -0.1) is 0 Å². The van der Waals surface area contributed by atoms with Crippen LogP contribution in [0.2, 0.25) is 0 Å². The minimum atomic E-state index is 0.116. The highest BCUT2D eigenvalue weighted by Crippen LogP contribution is 2.33. The van der Waals surface area contributed by atoms with E-state index in [0.29, 0.717) is 0 Å². The van der Waals surface area contributed by atoms with Crippen LogP contribution in [0.15, 0.2) is 42.5 Å². The van der Waals surface area contributed by atoms with Gasteiger partial charge in [-0.1, -0.05) is 30.3 Å². The molecule has 0 atom stereocenters. The van der Waals surface area contributed by atoms with E-state index in [2.05, 4.69) is 23.2 Å². The standard InChI is InChI=1S/C20H19NO/c1-13(22)19-17-8-4-5-9-18(17)21-20(19)16-11-10-14-6-2-3-7-15(14)12-16/h4-5,8-12,21H,2-3,6-7H2,1H3. The third kappa shape index (κ3) is 2.07. The summed E-state index contributed by atoms with van der Waals surface area (Å²) in [4.78, 5) is 15.6. The molecule has 2 nitrogen and oxygen atoms in total. The number of nitrogens with one attached hydrogen (secondary N) is 1. The minimum Gasteiger partial charge on any atom is -0.354 e. The molecule has 2 aromatic carbocycles. The number of fused-ring (bicyclic) bond motifs is 2. The van der Waals surface area contributed by atoms with E-state index in [1.807, 2.05) is 24.3 Å². The fraction of sp³-hybridized carbons (Fsp3) is 0.250. The molecule has 0 bridgehead atoms. The Morgan fingerprint density at radius 2 is 1.77 bits per heavy atom. The Balaban J connectivity index is 1.94. The molecule has 0 amide bonds. The maximum absolute atomic E-state index is 12.2. The van der Waals surface area contributed by atoms with Crippen LogP contribution in [0.25, 0.3) is 22.2 Å². The summed E-state index contributed by atoms with van der Waals surface area (Å²) in [5.74, 6) is 0.116. The normalized spacial score (nSPS) is 14.0. The molecule has 22 heavy (non-hydrogen) atoms. The van der Waals surface area contributed by atoms with Gasteiger partial charge in [-0.3, -0.25) is 4.79 Å². The number of rotatable bonds is 2. The number of hydrogen-bond acceptors (Lipinski definition) is 1. The van der Waals surface area contributed by atoms with Gasteiger partial charge in [-0.25, -0.2) is 0 Å². The van der Waals surface area contributed by atoms with Crippen LogP contribution in [0.5, 0.6) is 0 Å². The van der Waals surface area contributed by atoms with Crippen LogP contribution in [0, 0.1) is 0 Å². The van der Waals surface area contributed by atoms with Crippen molar-refractivity contribution >= 4 is 16.7 Å². The number of carbonyl (C=O) groups is 1. The van der Waals surface area contributed by atoms with Gasteiger partial charge in [0.25, 0.3) is 0 Å². The van der Waals surface area contributed by atoms with Crippen LogP contribution in [0.1, 0.15) is 41.3 Å². The molecule has 0 saturated heterocycles. The summed E-state index contributed by atoms with van der Waals surface area (Å²) >= 11 is 0. The Bertz CT molecular complexity index is 873. The molecule has 0 fully saturated rings. The van der Waals surface area contributed by atoms with Crippen molar-refractivity contribution in [3.05, 3.63) is 59.2 Å². The zero-order chi connectivity index (χ0) is 15.1. The Morgan fingerprint density at radius 1 is 1.00 bits per heavy atom. The molecule has 110 valence electrons. The molecule has 2 heteroatoms. The van der Waals surface area contributed by atoms with E-state index in [1.165, 1.54) is 30.4 Å². The first-order chi connectivity index (χ1) is 10.7. The van der Waals surface area contributed by atoms with Gasteiger partial charge in [-0.05, 0) is 61.4 Å². The average Bonchev–Trinajstić information content (AvgIpc) is 2.94. The highest BCUT2D eigenvalue weighted by Gasteiger charge is 2.18. The molecule has 0 aliphatic heterocycles. The Labute approximate surface area is 130 Å². The van der Waals surface area contributed by atoms with E-state index in [9.17, 15) is 4.79 Å². The first-order valence-corrected chi connectivity index (χ1v) is 7.98. The third-order valence-electron chi connectivity index (χ3n) is 4.70. The average molecular weight is 289 g/mol. The van der Waals surface area contributed by atoms with Crippen molar-refractivity contribution in [2.24, 2.45) is 0 Å². The number of aromatic nitrogens is 1. The summed E-state index contributed by atoms with van der Waals surface area (Å²) in [6.45, 7) is 1.65. The van der Waals surface area contributed by atoms with Crippen LogP contribution in [-0.4, -0.2) is 10.8 Å². The summed E-state index contributed by atoms with van der Waals surface area (Å²) in [6, 6.07) is 14.7. The van der Waals surface area contributed by atoms with Crippen LogP contribution in [0.4, 0.5) is 0 Å². The maximum Gasteiger partial charge on any atom is 0.162 e. The van der Waals surface area contributed by atoms with E-state index >= 15 is 0 Å². The van der Waals surface area contributed by atoms with Crippen LogP contribution in [0.3, 0.4) is 0 Å². The summed E-state index contributed by atoms with van der Waals surface area (Å²) in [5.41, 5.74) is 6.84. The Morgan fingerprint density at radius 3 is 2.59 bits per heavy atom. The van der Waals surface area contributed by atoms with Crippen molar-refractivity contribution < 1.29 is 4.79 Å². The number of hydrogen-bond donors (Lipinski definition) is 1. The second-order valence-electron chi connectivity index (χ2n) is 6.17. The zero-order valence-electron chi connectivity index (χ0n) is 12.8. The number of para-hydroxylation sites is 1. The third-order valence-corrected chi connectivity index (χ3v) is 4.70. The SMILES string of the molecule is CC(=O)c1c(-c2ccc3c(c2)CCCC3)[nH]c2ccccc12. The smallest absolute Gasteiger partial charge is 0.162 e. The van der Waals surface area contributed by atoms with E-state index in [4.69, 9.17) is 0 Å². The van der Waals surface area contributed by atoms with E-state index in [1.54, 1.807) is 6.92 Å². The molecular formula is C20H19NO. The highest BCUT2D eigenvalue weighted by molar-refractivity contribution is 6.12. The van der Waals surface area contributed by atoms with Crippen LogP contribution < -0.4 is 0 Å². The van der Waals surface area contributed by atoms with Crippen molar-refractivity contribution in [1.82, 2.24) is 4.98 Å². The number of H-pyrrole nitrogens is 1. The van der Waals surface area contributed by atoms with Crippen molar-refractivity contribution in [3.8, 4) is 11.3 Å². The van der Waals surface area contributed by atoms with Gasteiger partial charge in [0.2, 0.25) is 0 Å². The topological polar surface area (TPSA) is 32.9 Å². The number of carbonyl (C=O) groups excluding carboxylic acids is 1. The summed E-state index contributed by atoms with van der Waals surface area (Å²) < 4.78 is 0. The summed E-state index contributed by atoms with van der Waals surface area (Å²) in [6.07, 6.45) is 4.89. The maximum atomic E-state index is 12.2. The largest absolute Gasteiger partial charge is 0.354 e. The monoisotopic (exact) mass is 289 g/mol. The van der Waals surface area contributed by atoms with Crippen LogP contribution in [-0.2, 0) is 12.8 Å². The second-order valence-corrected chi connectivity index (χ2v) is 6.17. The molecule has 0 unspecified atom stereocenters. The first kappa shape index (κ1) is 13.3. The van der Waals surface area contributed by atoms with Gasteiger partial charge in [0.05, 0.1) is 11.3 Å². The molecule has 1 aliphatic rings. The molecule has 1 aliphatic carbocycles. The Kier molecular flexibility index (Phi) is 3.11. The number of aryl methyl sites for hydroxylation is 2. The molecule has 0 spiro atoms. The number of ketones is 1. The lowest BCUT2D eigenvalue weighted by atomic mass is 9.89. The highest BCUT2D eigenvalue weighted by atomic mass is 16.1. The van der Waals surface area contributed by atoms with E-state index < -0.39 is 0 Å². The number of aromatic amines is 1. The lowest BCUT2D eigenvalue weighted by Crippen LogP contribution is -2.03.